The molecule has 0 aliphatic heterocycles. The van der Waals surface area contributed by atoms with Gasteiger partial charge in [-0.1, -0.05) is 37.6 Å². The van der Waals surface area contributed by atoms with E-state index < -0.39 is 0 Å². The van der Waals surface area contributed by atoms with Crippen molar-refractivity contribution in [3.8, 4) is 0 Å². The molecule has 0 saturated heterocycles. The summed E-state index contributed by atoms with van der Waals surface area (Å²) >= 11 is 0. The number of rotatable bonds is 4. The van der Waals surface area contributed by atoms with Crippen molar-refractivity contribution >= 4 is 0 Å². The van der Waals surface area contributed by atoms with Crippen LogP contribution in [0.25, 0.3) is 0 Å². The molecule has 2 N–H and O–H groups in total. The van der Waals surface area contributed by atoms with Crippen LogP contribution >= 0.6 is 0 Å². The number of aryl methyl sites for hydroxylation is 1. The lowest BCUT2D eigenvalue weighted by Gasteiger charge is -2.38. The van der Waals surface area contributed by atoms with Crippen molar-refractivity contribution < 1.29 is 4.74 Å². The van der Waals surface area contributed by atoms with Crippen LogP contribution in [0.3, 0.4) is 0 Å². The molecule has 1 fully saturated rings. The van der Waals surface area contributed by atoms with Gasteiger partial charge in [-0.2, -0.15) is 0 Å². The summed E-state index contributed by atoms with van der Waals surface area (Å²) in [6.07, 6.45) is 9.34. The quantitative estimate of drug-likeness (QED) is 0.899. The third kappa shape index (κ3) is 3.32. The predicted molar refractivity (Wildman–Crippen MR) is 87.2 cm³/mol. The Morgan fingerprint density at radius 2 is 2.05 bits per heavy atom. The van der Waals surface area contributed by atoms with Crippen LogP contribution in [0.15, 0.2) is 24.3 Å². The SMILES string of the molecule is CCC1CCC(CN)C(OC2CCCc3ccccc32)C1. The zero-order valence-electron chi connectivity index (χ0n) is 13.3. The summed E-state index contributed by atoms with van der Waals surface area (Å²) in [7, 11) is 0. The van der Waals surface area contributed by atoms with Crippen molar-refractivity contribution in [2.45, 2.75) is 64.1 Å². The van der Waals surface area contributed by atoms with E-state index in [9.17, 15) is 0 Å². The Labute approximate surface area is 129 Å². The number of nitrogens with two attached hydrogens (primary N) is 1. The highest BCUT2D eigenvalue weighted by Gasteiger charge is 2.33. The van der Waals surface area contributed by atoms with Crippen LogP contribution in [0.2, 0.25) is 0 Å². The first-order valence-corrected chi connectivity index (χ1v) is 8.75. The smallest absolute Gasteiger partial charge is 0.0831 e. The van der Waals surface area contributed by atoms with Crippen LogP contribution in [0, 0.1) is 11.8 Å². The van der Waals surface area contributed by atoms with Crippen LogP contribution in [0.4, 0.5) is 0 Å². The van der Waals surface area contributed by atoms with Crippen LogP contribution in [0.5, 0.6) is 0 Å². The molecule has 1 aromatic carbocycles. The third-order valence-corrected chi connectivity index (χ3v) is 5.57. The van der Waals surface area contributed by atoms with Gasteiger partial charge in [0.15, 0.2) is 0 Å². The first-order valence-electron chi connectivity index (χ1n) is 8.75. The van der Waals surface area contributed by atoms with Gasteiger partial charge in [-0.3, -0.25) is 0 Å². The Bertz CT molecular complexity index is 459. The Kier molecular flexibility index (Phi) is 4.97. The number of hydrogen-bond acceptors (Lipinski definition) is 2. The van der Waals surface area contributed by atoms with E-state index in [0.29, 0.717) is 18.1 Å². The Balaban J connectivity index is 1.73. The average Bonchev–Trinajstić information content (AvgIpc) is 2.55. The molecule has 2 aliphatic rings. The number of ether oxygens (including phenoxy) is 1. The molecule has 2 heteroatoms. The van der Waals surface area contributed by atoms with Crippen molar-refractivity contribution in [2.24, 2.45) is 17.6 Å². The molecule has 1 saturated carbocycles. The van der Waals surface area contributed by atoms with Gasteiger partial charge in [-0.25, -0.2) is 0 Å². The van der Waals surface area contributed by atoms with Gasteiger partial charge in [0.05, 0.1) is 12.2 Å². The fourth-order valence-electron chi connectivity index (χ4n) is 4.14. The van der Waals surface area contributed by atoms with E-state index in [1.165, 1.54) is 56.1 Å². The minimum Gasteiger partial charge on any atom is -0.370 e. The van der Waals surface area contributed by atoms with Crippen LogP contribution in [-0.2, 0) is 11.2 Å². The maximum atomic E-state index is 6.61. The van der Waals surface area contributed by atoms with Crippen LogP contribution in [-0.4, -0.2) is 12.6 Å². The second-order valence-electron chi connectivity index (χ2n) is 6.84. The van der Waals surface area contributed by atoms with Crippen molar-refractivity contribution in [3.05, 3.63) is 35.4 Å². The summed E-state index contributed by atoms with van der Waals surface area (Å²) in [5, 5.41) is 0. The minimum atomic E-state index is 0.296. The standard InChI is InChI=1S/C19H29NO/c1-2-14-10-11-16(13-20)19(12-14)21-18-9-5-7-15-6-3-4-8-17(15)18/h3-4,6,8,14,16,18-19H,2,5,7,9-13,20H2,1H3. The topological polar surface area (TPSA) is 35.2 Å². The van der Waals surface area contributed by atoms with Gasteiger partial charge in [0, 0.05) is 0 Å². The van der Waals surface area contributed by atoms with E-state index >= 15 is 0 Å². The predicted octanol–water partition coefficient (Wildman–Crippen LogP) is 4.23. The van der Waals surface area contributed by atoms with Gasteiger partial charge in [0.2, 0.25) is 0 Å². The summed E-state index contributed by atoms with van der Waals surface area (Å²) in [6.45, 7) is 3.08. The van der Waals surface area contributed by atoms with Gasteiger partial charge in [0.25, 0.3) is 0 Å². The van der Waals surface area contributed by atoms with Gasteiger partial charge < -0.3 is 10.5 Å². The fourth-order valence-corrected chi connectivity index (χ4v) is 4.14. The molecule has 3 rings (SSSR count). The second kappa shape index (κ2) is 6.93. The highest BCUT2D eigenvalue weighted by Crippen LogP contribution is 2.39. The van der Waals surface area contributed by atoms with E-state index in [2.05, 4.69) is 31.2 Å². The highest BCUT2D eigenvalue weighted by molar-refractivity contribution is 5.31. The molecule has 1 aromatic rings. The summed E-state index contributed by atoms with van der Waals surface area (Å²) in [5.41, 5.74) is 8.92. The number of hydrogen-bond donors (Lipinski definition) is 1. The highest BCUT2D eigenvalue weighted by atomic mass is 16.5. The molecule has 21 heavy (non-hydrogen) atoms. The average molecular weight is 287 g/mol. The van der Waals surface area contributed by atoms with E-state index in [0.717, 1.165) is 12.5 Å². The molecule has 0 bridgehead atoms. The molecular weight excluding hydrogens is 258 g/mol. The molecule has 116 valence electrons. The lowest BCUT2D eigenvalue weighted by molar-refractivity contribution is -0.0764. The molecule has 0 aromatic heterocycles. The summed E-state index contributed by atoms with van der Waals surface area (Å²) in [6, 6.07) is 8.83. The lowest BCUT2D eigenvalue weighted by atomic mass is 9.78. The Hall–Kier alpha value is -0.860. The molecule has 0 amide bonds. The number of fused-ring (bicyclic) bond motifs is 1. The zero-order chi connectivity index (χ0) is 14.7. The maximum Gasteiger partial charge on any atom is 0.0831 e. The normalized spacial score (nSPS) is 32.7. The lowest BCUT2D eigenvalue weighted by Crippen LogP contribution is -2.37. The van der Waals surface area contributed by atoms with Crippen LogP contribution < -0.4 is 5.73 Å². The monoisotopic (exact) mass is 287 g/mol. The molecule has 0 radical (unpaired) electrons. The molecule has 4 unspecified atom stereocenters. The second-order valence-corrected chi connectivity index (χ2v) is 6.84. The summed E-state index contributed by atoms with van der Waals surface area (Å²) in [5.74, 6) is 1.39. The Morgan fingerprint density at radius 3 is 2.86 bits per heavy atom. The third-order valence-electron chi connectivity index (χ3n) is 5.57. The molecule has 0 heterocycles. The summed E-state index contributed by atoms with van der Waals surface area (Å²) in [4.78, 5) is 0. The molecule has 2 nitrogen and oxygen atoms in total. The molecule has 0 spiro atoms. The van der Waals surface area contributed by atoms with E-state index in [-0.39, 0.29) is 0 Å². The first-order chi connectivity index (χ1) is 10.3. The number of benzene rings is 1. The maximum absolute atomic E-state index is 6.61. The minimum absolute atomic E-state index is 0.296. The van der Waals surface area contributed by atoms with E-state index in [1.807, 2.05) is 0 Å². The van der Waals surface area contributed by atoms with Crippen molar-refractivity contribution in [3.63, 3.8) is 0 Å². The first kappa shape index (κ1) is 15.1. The summed E-state index contributed by atoms with van der Waals surface area (Å²) < 4.78 is 6.61. The van der Waals surface area contributed by atoms with Gasteiger partial charge in [-0.15, -0.1) is 0 Å². The molecule has 2 aliphatic carbocycles. The largest absolute Gasteiger partial charge is 0.370 e. The van der Waals surface area contributed by atoms with Crippen molar-refractivity contribution in [2.75, 3.05) is 6.54 Å². The van der Waals surface area contributed by atoms with Gasteiger partial charge in [0.1, 0.15) is 0 Å². The van der Waals surface area contributed by atoms with Crippen LogP contribution in [0.1, 0.15) is 62.7 Å². The van der Waals surface area contributed by atoms with Gasteiger partial charge >= 0.3 is 0 Å². The zero-order valence-corrected chi connectivity index (χ0v) is 13.3. The van der Waals surface area contributed by atoms with Crippen molar-refractivity contribution in [1.29, 1.82) is 0 Å². The fraction of sp³-hybridized carbons (Fsp3) is 0.684. The van der Waals surface area contributed by atoms with E-state index in [4.69, 9.17) is 10.5 Å². The molecular formula is C19H29NO. The van der Waals surface area contributed by atoms with Gasteiger partial charge in [-0.05, 0) is 68.0 Å². The van der Waals surface area contributed by atoms with E-state index in [1.54, 1.807) is 0 Å². The molecule has 4 atom stereocenters. The van der Waals surface area contributed by atoms with Crippen molar-refractivity contribution in [1.82, 2.24) is 0 Å². The Morgan fingerprint density at radius 1 is 1.19 bits per heavy atom.